The number of methoxy groups -OCH3 is 1. The third-order valence-corrected chi connectivity index (χ3v) is 3.52. The van der Waals surface area contributed by atoms with Crippen molar-refractivity contribution in [3.8, 4) is 5.75 Å². The molecule has 1 atom stereocenters. The molecule has 1 aromatic rings. The van der Waals surface area contributed by atoms with Crippen molar-refractivity contribution in [2.24, 2.45) is 0 Å². The maximum Gasteiger partial charge on any atom is 0.122 e. The molecule has 2 heterocycles. The number of hydrogen-bond acceptors (Lipinski definition) is 4. The molecule has 0 aliphatic carbocycles. The number of ether oxygens (including phenoxy) is 1. The standard InChI is InChI=1S/C14H23N3O.ClH/c1-11-7-14(18-3)8-12(16-11)10-17-6-4-5-13(17)9-15-2;/h7-8,13,15H,4-6,9-10H2,1-3H3;1H. The highest BCUT2D eigenvalue weighted by Gasteiger charge is 2.24. The summed E-state index contributed by atoms with van der Waals surface area (Å²) in [7, 11) is 3.72. The molecule has 19 heavy (non-hydrogen) atoms. The van der Waals surface area contributed by atoms with Crippen molar-refractivity contribution in [3.63, 3.8) is 0 Å². The Bertz CT molecular complexity index is 400. The van der Waals surface area contributed by atoms with Gasteiger partial charge in [0, 0.05) is 37.0 Å². The predicted octanol–water partition coefficient (Wildman–Crippen LogP) is 2.00. The first-order valence-corrected chi connectivity index (χ1v) is 6.63. The minimum absolute atomic E-state index is 0. The van der Waals surface area contributed by atoms with Crippen LogP contribution < -0.4 is 10.1 Å². The number of aromatic nitrogens is 1. The molecule has 0 bridgehead atoms. The Labute approximate surface area is 122 Å². The second-order valence-corrected chi connectivity index (χ2v) is 4.96. The Morgan fingerprint density at radius 2 is 2.26 bits per heavy atom. The van der Waals surface area contributed by atoms with Crippen molar-refractivity contribution in [1.29, 1.82) is 0 Å². The van der Waals surface area contributed by atoms with Crippen LogP contribution in [0.4, 0.5) is 0 Å². The van der Waals surface area contributed by atoms with E-state index in [1.165, 1.54) is 19.4 Å². The summed E-state index contributed by atoms with van der Waals surface area (Å²) in [6.45, 7) is 5.17. The zero-order chi connectivity index (χ0) is 13.0. The van der Waals surface area contributed by atoms with Gasteiger partial charge in [0.1, 0.15) is 5.75 Å². The second-order valence-electron chi connectivity index (χ2n) is 4.96. The smallest absolute Gasteiger partial charge is 0.122 e. The van der Waals surface area contributed by atoms with Crippen LogP contribution in [0.1, 0.15) is 24.2 Å². The largest absolute Gasteiger partial charge is 0.497 e. The van der Waals surface area contributed by atoms with E-state index >= 15 is 0 Å². The highest BCUT2D eigenvalue weighted by molar-refractivity contribution is 5.85. The number of pyridine rings is 1. The maximum absolute atomic E-state index is 5.30. The Morgan fingerprint density at radius 1 is 1.47 bits per heavy atom. The minimum Gasteiger partial charge on any atom is -0.497 e. The molecule has 0 aromatic carbocycles. The topological polar surface area (TPSA) is 37.4 Å². The number of likely N-dealkylation sites (N-methyl/N-ethyl adjacent to an activating group) is 1. The van der Waals surface area contributed by atoms with Gasteiger partial charge in [-0.05, 0) is 33.4 Å². The van der Waals surface area contributed by atoms with Crippen molar-refractivity contribution in [1.82, 2.24) is 15.2 Å². The third-order valence-electron chi connectivity index (χ3n) is 3.52. The van der Waals surface area contributed by atoms with E-state index in [0.29, 0.717) is 6.04 Å². The molecule has 4 nitrogen and oxygen atoms in total. The summed E-state index contributed by atoms with van der Waals surface area (Å²) in [4.78, 5) is 7.11. The molecule has 0 spiro atoms. The SMILES string of the molecule is CNCC1CCCN1Cc1cc(OC)cc(C)n1.Cl. The Balaban J connectivity index is 0.00000180. The highest BCUT2D eigenvalue weighted by Crippen LogP contribution is 2.21. The first kappa shape index (κ1) is 16.2. The first-order valence-electron chi connectivity index (χ1n) is 6.63. The van der Waals surface area contributed by atoms with Crippen LogP contribution in [-0.4, -0.2) is 43.2 Å². The third kappa shape index (κ3) is 4.34. The number of nitrogens with one attached hydrogen (secondary N) is 1. The van der Waals surface area contributed by atoms with Gasteiger partial charge in [-0.15, -0.1) is 12.4 Å². The molecule has 1 saturated heterocycles. The fraction of sp³-hybridized carbons (Fsp3) is 0.643. The Kier molecular flexibility index (Phi) is 6.55. The molecular weight excluding hydrogens is 262 g/mol. The van der Waals surface area contributed by atoms with E-state index in [4.69, 9.17) is 4.74 Å². The molecule has 1 aliphatic rings. The lowest BCUT2D eigenvalue weighted by Crippen LogP contribution is -2.36. The Hall–Kier alpha value is -0.840. The maximum atomic E-state index is 5.30. The number of hydrogen-bond donors (Lipinski definition) is 1. The molecule has 0 radical (unpaired) electrons. The number of nitrogens with zero attached hydrogens (tertiary/aromatic N) is 2. The van der Waals surface area contributed by atoms with Gasteiger partial charge in [-0.2, -0.15) is 0 Å². The quantitative estimate of drug-likeness (QED) is 0.898. The van der Waals surface area contributed by atoms with Crippen molar-refractivity contribution >= 4 is 12.4 Å². The van der Waals surface area contributed by atoms with Crippen LogP contribution in [0.5, 0.6) is 5.75 Å². The molecule has 1 fully saturated rings. The Morgan fingerprint density at radius 3 is 2.95 bits per heavy atom. The normalized spacial score (nSPS) is 19.2. The molecule has 0 saturated carbocycles. The lowest BCUT2D eigenvalue weighted by atomic mass is 10.2. The van der Waals surface area contributed by atoms with Crippen LogP contribution in [0, 0.1) is 6.92 Å². The number of halogens is 1. The summed E-state index contributed by atoms with van der Waals surface area (Å²) in [5.74, 6) is 0.905. The lowest BCUT2D eigenvalue weighted by molar-refractivity contribution is 0.239. The zero-order valence-electron chi connectivity index (χ0n) is 12.0. The van der Waals surface area contributed by atoms with E-state index in [1.54, 1.807) is 7.11 Å². The van der Waals surface area contributed by atoms with Crippen LogP contribution in [0.15, 0.2) is 12.1 Å². The predicted molar refractivity (Wildman–Crippen MR) is 80.1 cm³/mol. The van der Waals surface area contributed by atoms with Gasteiger partial charge in [0.2, 0.25) is 0 Å². The van der Waals surface area contributed by atoms with E-state index < -0.39 is 0 Å². The fourth-order valence-corrected chi connectivity index (χ4v) is 2.68. The average molecular weight is 286 g/mol. The van der Waals surface area contributed by atoms with Crippen LogP contribution in [-0.2, 0) is 6.54 Å². The summed E-state index contributed by atoms with van der Waals surface area (Å²) in [6, 6.07) is 4.66. The van der Waals surface area contributed by atoms with Gasteiger partial charge in [-0.3, -0.25) is 9.88 Å². The lowest BCUT2D eigenvalue weighted by Gasteiger charge is -2.24. The summed E-state index contributed by atoms with van der Waals surface area (Å²) < 4.78 is 5.30. The van der Waals surface area contributed by atoms with Crippen LogP contribution in [0.2, 0.25) is 0 Å². The van der Waals surface area contributed by atoms with Crippen LogP contribution >= 0.6 is 12.4 Å². The molecular formula is C14H24ClN3O. The van der Waals surface area contributed by atoms with Gasteiger partial charge in [0.05, 0.1) is 12.8 Å². The summed E-state index contributed by atoms with van der Waals surface area (Å²) >= 11 is 0. The van der Waals surface area contributed by atoms with Crippen molar-refractivity contribution in [2.75, 3.05) is 27.2 Å². The highest BCUT2D eigenvalue weighted by atomic mass is 35.5. The van der Waals surface area contributed by atoms with Crippen LogP contribution in [0.25, 0.3) is 0 Å². The van der Waals surface area contributed by atoms with E-state index in [1.807, 2.05) is 26.1 Å². The average Bonchev–Trinajstić information content (AvgIpc) is 2.76. The van der Waals surface area contributed by atoms with E-state index in [9.17, 15) is 0 Å². The molecule has 1 aromatic heterocycles. The summed E-state index contributed by atoms with van der Waals surface area (Å²) in [5.41, 5.74) is 2.13. The minimum atomic E-state index is 0. The molecule has 1 aliphatic heterocycles. The van der Waals surface area contributed by atoms with Gasteiger partial charge in [0.25, 0.3) is 0 Å². The number of likely N-dealkylation sites (tertiary alicyclic amines) is 1. The van der Waals surface area contributed by atoms with Crippen LogP contribution in [0.3, 0.4) is 0 Å². The monoisotopic (exact) mass is 285 g/mol. The van der Waals surface area contributed by atoms with Crippen molar-refractivity contribution in [3.05, 3.63) is 23.5 Å². The van der Waals surface area contributed by atoms with Gasteiger partial charge in [-0.25, -0.2) is 0 Å². The van der Waals surface area contributed by atoms with E-state index in [-0.39, 0.29) is 12.4 Å². The fourth-order valence-electron chi connectivity index (χ4n) is 2.68. The van der Waals surface area contributed by atoms with E-state index in [2.05, 4.69) is 15.2 Å². The molecule has 2 rings (SSSR count). The van der Waals surface area contributed by atoms with Crippen molar-refractivity contribution in [2.45, 2.75) is 32.4 Å². The first-order chi connectivity index (χ1) is 8.72. The molecule has 0 amide bonds. The molecule has 5 heteroatoms. The zero-order valence-corrected chi connectivity index (χ0v) is 12.8. The summed E-state index contributed by atoms with van der Waals surface area (Å²) in [6.07, 6.45) is 2.57. The molecule has 1 unspecified atom stereocenters. The number of rotatable bonds is 5. The van der Waals surface area contributed by atoms with Gasteiger partial charge < -0.3 is 10.1 Å². The number of aryl methyl sites for hydroxylation is 1. The van der Waals surface area contributed by atoms with E-state index in [0.717, 1.165) is 30.2 Å². The van der Waals surface area contributed by atoms with Gasteiger partial charge >= 0.3 is 0 Å². The van der Waals surface area contributed by atoms with Crippen molar-refractivity contribution < 1.29 is 4.74 Å². The molecule has 108 valence electrons. The molecule has 1 N–H and O–H groups in total. The second kappa shape index (κ2) is 7.68. The van der Waals surface area contributed by atoms with Gasteiger partial charge in [0.15, 0.2) is 0 Å². The van der Waals surface area contributed by atoms with Gasteiger partial charge in [-0.1, -0.05) is 0 Å². The summed E-state index contributed by atoms with van der Waals surface area (Å²) in [5, 5.41) is 3.27.